The number of aromatic nitrogens is 3. The van der Waals surface area contributed by atoms with E-state index >= 15 is 0 Å². The molecule has 0 bridgehead atoms. The zero-order valence-electron chi connectivity index (χ0n) is 19.7. The zero-order chi connectivity index (χ0) is 24.9. The SMILES string of the molecule is COc1ccc(NC(=O)c2ccc(NC(=O)CSc3nc(C4CC4)n(-c4ccccc4)n3)cc2)cc1. The molecule has 182 valence electrons. The highest BCUT2D eigenvalue weighted by molar-refractivity contribution is 7.99. The van der Waals surface area contributed by atoms with Crippen molar-refractivity contribution in [2.45, 2.75) is 23.9 Å². The van der Waals surface area contributed by atoms with Crippen LogP contribution in [-0.2, 0) is 4.79 Å². The van der Waals surface area contributed by atoms with Crippen LogP contribution in [0.5, 0.6) is 5.75 Å². The van der Waals surface area contributed by atoms with Gasteiger partial charge in [-0.15, -0.1) is 5.10 Å². The van der Waals surface area contributed by atoms with Gasteiger partial charge in [-0.25, -0.2) is 9.67 Å². The largest absolute Gasteiger partial charge is 0.497 e. The Bertz CT molecular complexity index is 1350. The molecule has 0 atom stereocenters. The molecule has 2 amide bonds. The number of amides is 2. The summed E-state index contributed by atoms with van der Waals surface area (Å²) in [5.41, 5.74) is 2.74. The van der Waals surface area contributed by atoms with Gasteiger partial charge in [-0.05, 0) is 73.5 Å². The van der Waals surface area contributed by atoms with Gasteiger partial charge >= 0.3 is 0 Å². The number of benzene rings is 3. The van der Waals surface area contributed by atoms with Gasteiger partial charge in [-0.1, -0.05) is 30.0 Å². The smallest absolute Gasteiger partial charge is 0.255 e. The van der Waals surface area contributed by atoms with Crippen LogP contribution in [0.4, 0.5) is 11.4 Å². The number of rotatable bonds is 9. The van der Waals surface area contributed by atoms with Crippen molar-refractivity contribution < 1.29 is 14.3 Å². The van der Waals surface area contributed by atoms with Crippen molar-refractivity contribution >= 4 is 35.0 Å². The minimum atomic E-state index is -0.236. The number of hydrogen-bond acceptors (Lipinski definition) is 6. The van der Waals surface area contributed by atoms with Crippen molar-refractivity contribution in [1.29, 1.82) is 0 Å². The van der Waals surface area contributed by atoms with E-state index in [-0.39, 0.29) is 17.6 Å². The van der Waals surface area contributed by atoms with Crippen LogP contribution in [0.15, 0.2) is 84.0 Å². The lowest BCUT2D eigenvalue weighted by Gasteiger charge is -2.08. The van der Waals surface area contributed by atoms with E-state index in [0.717, 1.165) is 30.1 Å². The molecule has 1 heterocycles. The lowest BCUT2D eigenvalue weighted by atomic mass is 10.2. The Morgan fingerprint density at radius 1 is 0.944 bits per heavy atom. The van der Waals surface area contributed by atoms with E-state index < -0.39 is 0 Å². The van der Waals surface area contributed by atoms with E-state index in [0.29, 0.717) is 28.0 Å². The van der Waals surface area contributed by atoms with Gasteiger partial charge in [0.2, 0.25) is 11.1 Å². The van der Waals surface area contributed by atoms with Crippen molar-refractivity contribution in [3.05, 3.63) is 90.3 Å². The fourth-order valence-electron chi connectivity index (χ4n) is 3.64. The van der Waals surface area contributed by atoms with Gasteiger partial charge in [0, 0.05) is 22.9 Å². The Morgan fingerprint density at radius 3 is 2.28 bits per heavy atom. The van der Waals surface area contributed by atoms with Gasteiger partial charge in [0.15, 0.2) is 0 Å². The first-order valence-corrected chi connectivity index (χ1v) is 12.6. The molecular weight excluding hydrogens is 474 g/mol. The van der Waals surface area contributed by atoms with Gasteiger partial charge in [0.25, 0.3) is 5.91 Å². The van der Waals surface area contributed by atoms with E-state index in [1.165, 1.54) is 11.8 Å². The number of ether oxygens (including phenoxy) is 1. The van der Waals surface area contributed by atoms with Gasteiger partial charge < -0.3 is 15.4 Å². The molecule has 8 nitrogen and oxygen atoms in total. The third-order valence-electron chi connectivity index (χ3n) is 5.67. The van der Waals surface area contributed by atoms with E-state index in [4.69, 9.17) is 4.74 Å². The van der Waals surface area contributed by atoms with Gasteiger partial charge in [0.1, 0.15) is 11.6 Å². The Balaban J connectivity index is 1.15. The monoisotopic (exact) mass is 499 g/mol. The lowest BCUT2D eigenvalue weighted by Crippen LogP contribution is -2.15. The molecule has 9 heteroatoms. The number of nitrogens with one attached hydrogen (secondary N) is 2. The van der Waals surface area contributed by atoms with E-state index in [1.54, 1.807) is 55.6 Å². The van der Waals surface area contributed by atoms with Crippen molar-refractivity contribution in [1.82, 2.24) is 14.8 Å². The highest BCUT2D eigenvalue weighted by Crippen LogP contribution is 2.40. The summed E-state index contributed by atoms with van der Waals surface area (Å²) in [4.78, 5) is 29.7. The van der Waals surface area contributed by atoms with E-state index in [1.807, 2.05) is 35.0 Å². The minimum absolute atomic E-state index is 0.167. The first kappa shape index (κ1) is 23.6. The molecular formula is C27H25N5O3S. The Labute approximate surface area is 213 Å². The first-order valence-electron chi connectivity index (χ1n) is 11.6. The number of thioether (sulfide) groups is 1. The minimum Gasteiger partial charge on any atom is -0.497 e. The quantitative estimate of drug-likeness (QED) is 0.310. The summed E-state index contributed by atoms with van der Waals surface area (Å²) in [5, 5.41) is 10.9. The van der Waals surface area contributed by atoms with Crippen LogP contribution >= 0.6 is 11.8 Å². The average Bonchev–Trinajstić information content (AvgIpc) is 3.67. The van der Waals surface area contributed by atoms with Crippen molar-refractivity contribution in [2.24, 2.45) is 0 Å². The maximum absolute atomic E-state index is 12.5. The molecule has 0 spiro atoms. The number of anilines is 2. The highest BCUT2D eigenvalue weighted by Gasteiger charge is 2.30. The predicted octanol–water partition coefficient (Wildman–Crippen LogP) is 5.14. The molecule has 1 aliphatic rings. The molecule has 2 N–H and O–H groups in total. The second-order valence-electron chi connectivity index (χ2n) is 8.37. The summed E-state index contributed by atoms with van der Waals surface area (Å²) >= 11 is 1.31. The van der Waals surface area contributed by atoms with Gasteiger partial charge in [-0.3, -0.25) is 9.59 Å². The summed E-state index contributed by atoms with van der Waals surface area (Å²) in [7, 11) is 1.59. The number of nitrogens with zero attached hydrogens (tertiary/aromatic N) is 3. The number of carbonyl (C=O) groups is 2. The Kier molecular flexibility index (Phi) is 6.99. The summed E-state index contributed by atoms with van der Waals surface area (Å²) in [5.74, 6) is 1.88. The summed E-state index contributed by atoms with van der Waals surface area (Å²) < 4.78 is 7.01. The second-order valence-corrected chi connectivity index (χ2v) is 9.31. The van der Waals surface area contributed by atoms with Crippen LogP contribution < -0.4 is 15.4 Å². The van der Waals surface area contributed by atoms with Crippen molar-refractivity contribution in [3.8, 4) is 11.4 Å². The number of hydrogen-bond donors (Lipinski definition) is 2. The molecule has 4 aromatic rings. The van der Waals surface area contributed by atoms with Crippen LogP contribution in [0.3, 0.4) is 0 Å². The highest BCUT2D eigenvalue weighted by atomic mass is 32.2. The third kappa shape index (κ3) is 5.75. The van der Waals surface area contributed by atoms with E-state index in [9.17, 15) is 9.59 Å². The van der Waals surface area contributed by atoms with Crippen LogP contribution in [0, 0.1) is 0 Å². The fraction of sp³-hybridized carbons (Fsp3) is 0.185. The number of para-hydroxylation sites is 1. The molecule has 0 aliphatic heterocycles. The third-order valence-corrected chi connectivity index (χ3v) is 6.50. The van der Waals surface area contributed by atoms with E-state index in [2.05, 4.69) is 20.7 Å². The Morgan fingerprint density at radius 2 is 1.61 bits per heavy atom. The molecule has 1 saturated carbocycles. The van der Waals surface area contributed by atoms with Gasteiger partial charge in [0.05, 0.1) is 18.6 Å². The molecule has 1 aromatic heterocycles. The molecule has 0 unspecified atom stereocenters. The molecule has 0 radical (unpaired) electrons. The molecule has 0 saturated heterocycles. The molecule has 36 heavy (non-hydrogen) atoms. The topological polar surface area (TPSA) is 98.1 Å². The summed E-state index contributed by atoms with van der Waals surface area (Å²) in [6.45, 7) is 0. The average molecular weight is 500 g/mol. The molecule has 1 fully saturated rings. The van der Waals surface area contributed by atoms with Crippen LogP contribution in [0.1, 0.15) is 34.9 Å². The van der Waals surface area contributed by atoms with Gasteiger partial charge in [-0.2, -0.15) is 0 Å². The first-order chi connectivity index (χ1) is 17.6. The molecule has 5 rings (SSSR count). The summed E-state index contributed by atoms with van der Waals surface area (Å²) in [6, 6.07) is 23.8. The standard InChI is InChI=1S/C27H25N5O3S/c1-35-23-15-13-21(14-16-23)29-26(34)19-9-11-20(12-10-19)28-24(33)17-36-27-30-25(18-7-8-18)32(31-27)22-5-3-2-4-6-22/h2-6,9-16,18H,7-8,17H2,1H3,(H,28,33)(H,29,34). The normalized spacial score (nSPS) is 12.7. The van der Waals surface area contributed by atoms with Crippen LogP contribution in [0.25, 0.3) is 5.69 Å². The van der Waals surface area contributed by atoms with Crippen molar-refractivity contribution in [3.63, 3.8) is 0 Å². The second kappa shape index (κ2) is 10.7. The Hall–Kier alpha value is -4.11. The summed E-state index contributed by atoms with van der Waals surface area (Å²) in [6.07, 6.45) is 2.23. The number of methoxy groups -OCH3 is 1. The van der Waals surface area contributed by atoms with Crippen molar-refractivity contribution in [2.75, 3.05) is 23.5 Å². The lowest BCUT2D eigenvalue weighted by molar-refractivity contribution is -0.113. The maximum Gasteiger partial charge on any atom is 0.255 e. The number of carbonyl (C=O) groups excluding carboxylic acids is 2. The predicted molar refractivity (Wildman–Crippen MR) is 140 cm³/mol. The maximum atomic E-state index is 12.5. The fourth-order valence-corrected chi connectivity index (χ4v) is 4.27. The van der Waals surface area contributed by atoms with Crippen LogP contribution in [-0.4, -0.2) is 39.4 Å². The zero-order valence-corrected chi connectivity index (χ0v) is 20.5. The molecule has 3 aromatic carbocycles. The van der Waals surface area contributed by atoms with Crippen LogP contribution in [0.2, 0.25) is 0 Å². The molecule has 1 aliphatic carbocycles.